The minimum absolute atomic E-state index is 0.188. The Morgan fingerprint density at radius 2 is 2.21 bits per heavy atom. The predicted molar refractivity (Wildman–Crippen MR) is 78.5 cm³/mol. The molecule has 4 heteroatoms. The van der Waals surface area contributed by atoms with Crippen LogP contribution in [0.1, 0.15) is 25.5 Å². The summed E-state index contributed by atoms with van der Waals surface area (Å²) in [5.41, 5.74) is 1.19. The molecule has 2 heterocycles. The average molecular weight is 327 g/mol. The van der Waals surface area contributed by atoms with Crippen molar-refractivity contribution >= 4 is 15.9 Å². The zero-order valence-electron chi connectivity index (χ0n) is 11.4. The Labute approximate surface area is 122 Å². The van der Waals surface area contributed by atoms with Crippen LogP contribution < -0.4 is 5.32 Å². The summed E-state index contributed by atoms with van der Waals surface area (Å²) < 4.78 is 13.9. The molecule has 0 aliphatic carbocycles. The van der Waals surface area contributed by atoms with E-state index in [0.717, 1.165) is 31.5 Å². The van der Waals surface area contributed by atoms with E-state index in [0.29, 0.717) is 16.6 Å². The molecule has 2 fully saturated rings. The van der Waals surface area contributed by atoms with Crippen LogP contribution in [0.2, 0.25) is 0 Å². The van der Waals surface area contributed by atoms with E-state index in [4.69, 9.17) is 0 Å². The molecule has 1 aromatic carbocycles. The Bertz CT molecular complexity index is 479. The summed E-state index contributed by atoms with van der Waals surface area (Å²) in [7, 11) is 0. The fourth-order valence-corrected chi connectivity index (χ4v) is 4.07. The van der Waals surface area contributed by atoms with Gasteiger partial charge in [0.25, 0.3) is 0 Å². The second kappa shape index (κ2) is 5.15. The van der Waals surface area contributed by atoms with Crippen LogP contribution in [-0.2, 0) is 0 Å². The first kappa shape index (κ1) is 13.5. The number of likely N-dealkylation sites (tertiary alicyclic amines) is 1. The first-order valence-electron chi connectivity index (χ1n) is 6.99. The maximum Gasteiger partial charge on any atom is 0.137 e. The average Bonchev–Trinajstić information content (AvgIpc) is 2.95. The molecule has 1 aromatic rings. The Morgan fingerprint density at radius 1 is 1.42 bits per heavy atom. The van der Waals surface area contributed by atoms with Crippen molar-refractivity contribution < 1.29 is 4.39 Å². The molecule has 2 saturated heterocycles. The van der Waals surface area contributed by atoms with Crippen LogP contribution in [0.3, 0.4) is 0 Å². The number of nitrogens with zero attached hydrogens (tertiary/aromatic N) is 1. The van der Waals surface area contributed by atoms with Gasteiger partial charge in [-0.15, -0.1) is 0 Å². The van der Waals surface area contributed by atoms with E-state index < -0.39 is 0 Å². The number of nitrogens with one attached hydrogen (secondary N) is 1. The highest BCUT2D eigenvalue weighted by Gasteiger charge is 2.43. The Kier molecular flexibility index (Phi) is 3.67. The van der Waals surface area contributed by atoms with Crippen LogP contribution in [0.15, 0.2) is 22.7 Å². The third kappa shape index (κ3) is 2.34. The number of fused-ring (bicyclic) bond motifs is 1. The number of hydrogen-bond donors (Lipinski definition) is 1. The van der Waals surface area contributed by atoms with Crippen molar-refractivity contribution in [2.45, 2.75) is 25.9 Å². The van der Waals surface area contributed by atoms with Gasteiger partial charge in [-0.3, -0.25) is 4.90 Å². The van der Waals surface area contributed by atoms with Gasteiger partial charge in [-0.25, -0.2) is 4.39 Å². The highest BCUT2D eigenvalue weighted by atomic mass is 79.9. The summed E-state index contributed by atoms with van der Waals surface area (Å²) in [5, 5.41) is 3.49. The van der Waals surface area contributed by atoms with Crippen molar-refractivity contribution in [3.63, 3.8) is 0 Å². The molecular formula is C15H20BrFN2. The van der Waals surface area contributed by atoms with E-state index in [-0.39, 0.29) is 5.82 Å². The molecule has 0 aromatic heterocycles. The van der Waals surface area contributed by atoms with Crippen LogP contribution in [0.4, 0.5) is 4.39 Å². The van der Waals surface area contributed by atoms with Gasteiger partial charge in [0.2, 0.25) is 0 Å². The van der Waals surface area contributed by atoms with Crippen molar-refractivity contribution in [3.8, 4) is 0 Å². The van der Waals surface area contributed by atoms with Crippen molar-refractivity contribution in [1.82, 2.24) is 10.2 Å². The van der Waals surface area contributed by atoms with E-state index >= 15 is 0 Å². The number of rotatable bonds is 2. The van der Waals surface area contributed by atoms with Crippen LogP contribution in [-0.4, -0.2) is 30.6 Å². The van der Waals surface area contributed by atoms with Crippen LogP contribution in [0.25, 0.3) is 0 Å². The molecule has 0 saturated carbocycles. The lowest BCUT2D eigenvalue weighted by Crippen LogP contribution is -2.35. The van der Waals surface area contributed by atoms with E-state index in [9.17, 15) is 4.39 Å². The number of benzene rings is 1. The van der Waals surface area contributed by atoms with Crippen molar-refractivity contribution in [3.05, 3.63) is 34.1 Å². The van der Waals surface area contributed by atoms with E-state index in [1.807, 2.05) is 12.1 Å². The van der Waals surface area contributed by atoms with Crippen LogP contribution >= 0.6 is 15.9 Å². The summed E-state index contributed by atoms with van der Waals surface area (Å²) in [6, 6.07) is 6.32. The molecule has 0 amide bonds. The van der Waals surface area contributed by atoms with Crippen molar-refractivity contribution in [2.75, 3.05) is 19.6 Å². The molecule has 2 aliphatic rings. The third-order valence-corrected chi connectivity index (χ3v) is 5.51. The second-order valence-electron chi connectivity index (χ2n) is 5.87. The quantitative estimate of drug-likeness (QED) is 0.897. The van der Waals surface area contributed by atoms with Gasteiger partial charge in [-0.2, -0.15) is 0 Å². The van der Waals surface area contributed by atoms with E-state index in [1.54, 1.807) is 6.07 Å². The fourth-order valence-electron chi connectivity index (χ4n) is 3.68. The van der Waals surface area contributed by atoms with Gasteiger partial charge in [-0.1, -0.05) is 6.07 Å². The molecule has 104 valence electrons. The molecule has 1 N–H and O–H groups in total. The zero-order valence-corrected chi connectivity index (χ0v) is 13.0. The molecule has 0 bridgehead atoms. The summed E-state index contributed by atoms with van der Waals surface area (Å²) in [6.07, 6.45) is 0. The molecule has 0 spiro atoms. The van der Waals surface area contributed by atoms with Gasteiger partial charge in [0.1, 0.15) is 5.82 Å². The zero-order chi connectivity index (χ0) is 13.6. The molecule has 4 atom stereocenters. The molecule has 4 unspecified atom stereocenters. The minimum Gasteiger partial charge on any atom is -0.316 e. The second-order valence-corrected chi connectivity index (χ2v) is 6.72. The smallest absolute Gasteiger partial charge is 0.137 e. The number of hydrogen-bond acceptors (Lipinski definition) is 2. The maximum absolute atomic E-state index is 13.3. The molecule has 19 heavy (non-hydrogen) atoms. The van der Waals surface area contributed by atoms with Gasteiger partial charge < -0.3 is 5.32 Å². The Balaban J connectivity index is 1.80. The van der Waals surface area contributed by atoms with E-state index in [1.165, 1.54) is 5.56 Å². The first-order valence-corrected chi connectivity index (χ1v) is 7.78. The van der Waals surface area contributed by atoms with Crippen molar-refractivity contribution in [1.29, 1.82) is 0 Å². The van der Waals surface area contributed by atoms with Crippen LogP contribution in [0.5, 0.6) is 0 Å². The van der Waals surface area contributed by atoms with Crippen LogP contribution in [0, 0.1) is 17.7 Å². The standard InChI is InChI=1S/C15H20BrFN2/c1-9(11-3-4-15(17)14(16)5-11)19-8-12-6-18-7-13(12)10(19)2/h3-5,9-10,12-13,18H,6-8H2,1-2H3. The Hall–Kier alpha value is -0.450. The summed E-state index contributed by atoms with van der Waals surface area (Å²) in [5.74, 6) is 1.36. The molecular weight excluding hydrogens is 307 g/mol. The molecule has 0 radical (unpaired) electrons. The van der Waals surface area contributed by atoms with E-state index in [2.05, 4.69) is 40.0 Å². The summed E-state index contributed by atoms with van der Waals surface area (Å²) in [4.78, 5) is 2.57. The monoisotopic (exact) mass is 326 g/mol. The van der Waals surface area contributed by atoms with Gasteiger partial charge >= 0.3 is 0 Å². The van der Waals surface area contributed by atoms with Gasteiger partial charge in [0.05, 0.1) is 4.47 Å². The largest absolute Gasteiger partial charge is 0.316 e. The lowest BCUT2D eigenvalue weighted by molar-refractivity contribution is 0.182. The third-order valence-electron chi connectivity index (χ3n) is 4.90. The summed E-state index contributed by atoms with van der Waals surface area (Å²) >= 11 is 3.28. The molecule has 2 aliphatic heterocycles. The highest BCUT2D eigenvalue weighted by molar-refractivity contribution is 9.10. The fraction of sp³-hybridized carbons (Fsp3) is 0.600. The number of halogens is 2. The first-order chi connectivity index (χ1) is 9.08. The maximum atomic E-state index is 13.3. The van der Waals surface area contributed by atoms with Gasteiger partial charge in [0, 0.05) is 18.6 Å². The SMILES string of the molecule is CC(c1ccc(F)c(Br)c1)N1CC2CNCC2C1C. The molecule has 3 rings (SSSR count). The predicted octanol–water partition coefficient (Wildman–Crippen LogP) is 3.19. The van der Waals surface area contributed by atoms with Gasteiger partial charge in [-0.05, 0) is 72.4 Å². The lowest BCUT2D eigenvalue weighted by atomic mass is 9.95. The topological polar surface area (TPSA) is 15.3 Å². The Morgan fingerprint density at radius 3 is 2.89 bits per heavy atom. The molecule has 2 nitrogen and oxygen atoms in total. The minimum atomic E-state index is -0.188. The summed E-state index contributed by atoms with van der Waals surface area (Å²) in [6.45, 7) is 7.99. The van der Waals surface area contributed by atoms with Gasteiger partial charge in [0.15, 0.2) is 0 Å². The highest BCUT2D eigenvalue weighted by Crippen LogP contribution is 2.38. The lowest BCUT2D eigenvalue weighted by Gasteiger charge is -2.31. The normalized spacial score (nSPS) is 32.5. The van der Waals surface area contributed by atoms with Crippen molar-refractivity contribution in [2.24, 2.45) is 11.8 Å².